The van der Waals surface area contributed by atoms with E-state index in [1.807, 2.05) is 0 Å². The number of nitrogens with one attached hydrogen (secondary N) is 2. The van der Waals surface area contributed by atoms with Crippen LogP contribution in [-0.2, 0) is 9.59 Å². The second-order valence-corrected chi connectivity index (χ2v) is 5.66. The van der Waals surface area contributed by atoms with E-state index < -0.39 is 0 Å². The van der Waals surface area contributed by atoms with Gasteiger partial charge in [-0.15, -0.1) is 0 Å². The molecule has 2 N–H and O–H groups in total. The van der Waals surface area contributed by atoms with Crippen molar-refractivity contribution in [3.8, 4) is 0 Å². The van der Waals surface area contributed by atoms with Crippen molar-refractivity contribution in [2.24, 2.45) is 0 Å². The fraction of sp³-hybridized carbons (Fsp3) is 0.846. The van der Waals surface area contributed by atoms with E-state index >= 15 is 0 Å². The standard InChI is InChI=1S/C13H21N3O2/c17-12-5-4-10(13(18)15-12)14-9-6-8-16-7-2-1-3-11(9)16/h9-11,14H,1-8H2,(H,15,17,18). The lowest BCUT2D eigenvalue weighted by atomic mass is 9.97. The van der Waals surface area contributed by atoms with Gasteiger partial charge in [0.2, 0.25) is 11.8 Å². The van der Waals surface area contributed by atoms with Gasteiger partial charge >= 0.3 is 0 Å². The molecule has 3 unspecified atom stereocenters. The Labute approximate surface area is 107 Å². The molecule has 100 valence electrons. The highest BCUT2D eigenvalue weighted by molar-refractivity contribution is 6.00. The summed E-state index contributed by atoms with van der Waals surface area (Å²) in [5.74, 6) is -0.274. The molecular formula is C13H21N3O2. The molecule has 3 fully saturated rings. The highest BCUT2D eigenvalue weighted by atomic mass is 16.2. The number of imide groups is 1. The average molecular weight is 251 g/mol. The van der Waals surface area contributed by atoms with E-state index in [1.165, 1.54) is 25.8 Å². The molecule has 5 heteroatoms. The number of carbonyl (C=O) groups excluding carboxylic acids is 2. The van der Waals surface area contributed by atoms with Crippen LogP contribution in [0, 0.1) is 0 Å². The van der Waals surface area contributed by atoms with Crippen LogP contribution in [0.1, 0.15) is 38.5 Å². The highest BCUT2D eigenvalue weighted by Crippen LogP contribution is 2.27. The van der Waals surface area contributed by atoms with Crippen LogP contribution in [0.25, 0.3) is 0 Å². The molecule has 0 spiro atoms. The van der Waals surface area contributed by atoms with Crippen LogP contribution in [0.5, 0.6) is 0 Å². The first-order valence-electron chi connectivity index (χ1n) is 7.08. The van der Waals surface area contributed by atoms with E-state index in [4.69, 9.17) is 0 Å². The Morgan fingerprint density at radius 3 is 2.83 bits per heavy atom. The normalized spacial score (nSPS) is 37.4. The molecule has 0 aromatic heterocycles. The van der Waals surface area contributed by atoms with E-state index in [2.05, 4.69) is 15.5 Å². The van der Waals surface area contributed by atoms with Crippen molar-refractivity contribution < 1.29 is 9.59 Å². The molecule has 0 aliphatic carbocycles. The van der Waals surface area contributed by atoms with Gasteiger partial charge in [0.25, 0.3) is 0 Å². The van der Waals surface area contributed by atoms with E-state index in [-0.39, 0.29) is 17.9 Å². The fourth-order valence-electron chi connectivity index (χ4n) is 3.55. The number of piperidine rings is 2. The van der Waals surface area contributed by atoms with Crippen molar-refractivity contribution in [3.05, 3.63) is 0 Å². The summed E-state index contributed by atoms with van der Waals surface area (Å²) in [7, 11) is 0. The van der Waals surface area contributed by atoms with Gasteiger partial charge in [0.1, 0.15) is 0 Å². The Kier molecular flexibility index (Phi) is 3.35. The molecule has 3 aliphatic heterocycles. The Balaban J connectivity index is 1.59. The molecule has 3 atom stereocenters. The van der Waals surface area contributed by atoms with Crippen LogP contribution in [-0.4, -0.2) is 47.9 Å². The van der Waals surface area contributed by atoms with Gasteiger partial charge in [-0.25, -0.2) is 0 Å². The van der Waals surface area contributed by atoms with Gasteiger partial charge in [0.05, 0.1) is 6.04 Å². The van der Waals surface area contributed by atoms with Crippen molar-refractivity contribution >= 4 is 11.8 Å². The van der Waals surface area contributed by atoms with Crippen molar-refractivity contribution in [3.63, 3.8) is 0 Å². The molecule has 18 heavy (non-hydrogen) atoms. The third-order valence-corrected chi connectivity index (χ3v) is 4.51. The molecule has 3 rings (SSSR count). The van der Waals surface area contributed by atoms with Crippen molar-refractivity contribution in [2.45, 2.75) is 56.7 Å². The maximum Gasteiger partial charge on any atom is 0.243 e. The minimum atomic E-state index is -0.172. The topological polar surface area (TPSA) is 61.4 Å². The first-order valence-corrected chi connectivity index (χ1v) is 7.08. The molecule has 3 saturated heterocycles. The number of carbonyl (C=O) groups is 2. The quantitative estimate of drug-likeness (QED) is 0.679. The SMILES string of the molecule is O=C1CCC(NC2CCN3CCCCC23)C(=O)N1. The number of rotatable bonds is 2. The molecule has 0 bridgehead atoms. The van der Waals surface area contributed by atoms with Crippen molar-refractivity contribution in [1.29, 1.82) is 0 Å². The summed E-state index contributed by atoms with van der Waals surface area (Å²) >= 11 is 0. The predicted octanol–water partition coefficient (Wildman–Crippen LogP) is 0.00800. The zero-order valence-electron chi connectivity index (χ0n) is 10.7. The largest absolute Gasteiger partial charge is 0.301 e. The van der Waals surface area contributed by atoms with Crippen LogP contribution < -0.4 is 10.6 Å². The predicted molar refractivity (Wildman–Crippen MR) is 66.9 cm³/mol. The number of hydrogen-bond donors (Lipinski definition) is 2. The van der Waals surface area contributed by atoms with E-state index in [0.717, 1.165) is 13.0 Å². The van der Waals surface area contributed by atoms with Crippen molar-refractivity contribution in [2.75, 3.05) is 13.1 Å². The van der Waals surface area contributed by atoms with Gasteiger partial charge in [-0.1, -0.05) is 6.42 Å². The Hall–Kier alpha value is -0.940. The summed E-state index contributed by atoms with van der Waals surface area (Å²) in [4.78, 5) is 25.4. The molecule has 0 radical (unpaired) electrons. The zero-order chi connectivity index (χ0) is 12.5. The fourth-order valence-corrected chi connectivity index (χ4v) is 3.55. The Morgan fingerprint density at radius 2 is 2.00 bits per heavy atom. The molecule has 0 saturated carbocycles. The summed E-state index contributed by atoms with van der Waals surface area (Å²) in [5.41, 5.74) is 0. The van der Waals surface area contributed by atoms with Crippen molar-refractivity contribution in [1.82, 2.24) is 15.5 Å². The molecule has 3 heterocycles. The molecule has 0 aromatic carbocycles. The van der Waals surface area contributed by atoms with Crippen LogP contribution in [0.4, 0.5) is 0 Å². The first kappa shape index (κ1) is 12.1. The lowest BCUT2D eigenvalue weighted by Gasteiger charge is -2.34. The number of hydrogen-bond acceptors (Lipinski definition) is 4. The smallest absolute Gasteiger partial charge is 0.243 e. The highest BCUT2D eigenvalue weighted by Gasteiger charge is 2.38. The average Bonchev–Trinajstić information content (AvgIpc) is 2.76. The third-order valence-electron chi connectivity index (χ3n) is 4.51. The second-order valence-electron chi connectivity index (χ2n) is 5.66. The number of amides is 2. The minimum absolute atomic E-state index is 0.135. The van der Waals surface area contributed by atoms with Gasteiger partial charge in [-0.2, -0.15) is 0 Å². The lowest BCUT2D eigenvalue weighted by Crippen LogP contribution is -2.56. The van der Waals surface area contributed by atoms with Gasteiger partial charge in [0, 0.05) is 25.0 Å². The van der Waals surface area contributed by atoms with Gasteiger partial charge in [-0.3, -0.25) is 19.8 Å². The number of nitrogens with zero attached hydrogens (tertiary/aromatic N) is 1. The number of fused-ring (bicyclic) bond motifs is 1. The Bertz CT molecular complexity index is 358. The molecular weight excluding hydrogens is 230 g/mol. The minimum Gasteiger partial charge on any atom is -0.301 e. The maximum atomic E-state index is 11.7. The molecule has 0 aromatic rings. The van der Waals surface area contributed by atoms with Crippen LogP contribution in [0.15, 0.2) is 0 Å². The summed E-state index contributed by atoms with van der Waals surface area (Å²) in [6.07, 6.45) is 6.09. The van der Waals surface area contributed by atoms with Gasteiger partial charge in [-0.05, 0) is 32.2 Å². The summed E-state index contributed by atoms with van der Waals surface area (Å²) in [6.45, 7) is 2.35. The summed E-state index contributed by atoms with van der Waals surface area (Å²) in [6, 6.07) is 0.855. The summed E-state index contributed by atoms with van der Waals surface area (Å²) in [5, 5.41) is 5.90. The van der Waals surface area contributed by atoms with Gasteiger partial charge < -0.3 is 5.32 Å². The zero-order valence-corrected chi connectivity index (χ0v) is 10.7. The summed E-state index contributed by atoms with van der Waals surface area (Å²) < 4.78 is 0. The Morgan fingerprint density at radius 1 is 1.11 bits per heavy atom. The van der Waals surface area contributed by atoms with Crippen LogP contribution in [0.2, 0.25) is 0 Å². The van der Waals surface area contributed by atoms with Crippen LogP contribution >= 0.6 is 0 Å². The lowest BCUT2D eigenvalue weighted by molar-refractivity contribution is -0.134. The van der Waals surface area contributed by atoms with E-state index in [9.17, 15) is 9.59 Å². The first-order chi connectivity index (χ1) is 8.74. The monoisotopic (exact) mass is 251 g/mol. The third kappa shape index (κ3) is 2.29. The van der Waals surface area contributed by atoms with Crippen LogP contribution in [0.3, 0.4) is 0 Å². The molecule has 5 nitrogen and oxygen atoms in total. The second kappa shape index (κ2) is 4.97. The maximum absolute atomic E-state index is 11.7. The van der Waals surface area contributed by atoms with Gasteiger partial charge in [0.15, 0.2) is 0 Å². The van der Waals surface area contributed by atoms with E-state index in [0.29, 0.717) is 24.9 Å². The van der Waals surface area contributed by atoms with E-state index in [1.54, 1.807) is 0 Å². The molecule has 2 amide bonds. The molecule has 3 aliphatic rings.